The number of aryl methyl sites for hydroxylation is 2. The molecule has 198 valence electrons. The molecular weight excluding hydrogens is 604 g/mol. The van der Waals surface area contributed by atoms with Crippen LogP contribution < -0.4 is 11.5 Å². The summed E-state index contributed by atoms with van der Waals surface area (Å²) in [7, 11) is -8.75. The number of ketones is 2. The highest BCUT2D eigenvalue weighted by molar-refractivity contribution is 9.10. The topological polar surface area (TPSA) is 154 Å². The zero-order valence-electron chi connectivity index (χ0n) is 20.6. The van der Waals surface area contributed by atoms with Crippen molar-refractivity contribution in [1.82, 2.24) is 0 Å². The molecule has 0 amide bonds. The van der Waals surface area contributed by atoms with Gasteiger partial charge < -0.3 is 11.5 Å². The molecule has 0 spiro atoms. The Morgan fingerprint density at radius 1 is 0.615 bits per heavy atom. The van der Waals surface area contributed by atoms with Gasteiger partial charge in [-0.1, -0.05) is 47.5 Å². The van der Waals surface area contributed by atoms with Crippen LogP contribution in [0.2, 0.25) is 0 Å². The molecule has 0 aliphatic heterocycles. The molecule has 0 saturated carbocycles. The minimum atomic E-state index is -4.46. The fourth-order valence-electron chi connectivity index (χ4n) is 4.59. The van der Waals surface area contributed by atoms with Gasteiger partial charge in [-0.15, -0.1) is 0 Å². The van der Waals surface area contributed by atoms with Gasteiger partial charge in [0, 0.05) is 5.56 Å². The van der Waals surface area contributed by atoms with Crippen LogP contribution >= 0.6 is 15.9 Å². The van der Waals surface area contributed by atoms with E-state index < -0.39 is 52.2 Å². The fraction of sp³-hybridized carbons (Fsp3) is 0.0714. The third-order valence-corrected chi connectivity index (χ3v) is 11.2. The second-order valence-electron chi connectivity index (χ2n) is 9.19. The van der Waals surface area contributed by atoms with E-state index in [-0.39, 0.29) is 36.8 Å². The lowest BCUT2D eigenvalue weighted by atomic mass is 9.83. The lowest BCUT2D eigenvalue weighted by Gasteiger charge is -2.25. The maximum absolute atomic E-state index is 14.2. The number of nitrogen functional groups attached to an aromatic ring is 2. The zero-order chi connectivity index (χ0) is 28.4. The number of anilines is 2. The monoisotopic (exact) mass is 624 g/mol. The summed E-state index contributed by atoms with van der Waals surface area (Å²) < 4.78 is 55.0. The molecule has 0 atom stereocenters. The molecule has 0 aromatic heterocycles. The Hall–Kier alpha value is -3.80. The van der Waals surface area contributed by atoms with Gasteiger partial charge in [0.25, 0.3) is 0 Å². The van der Waals surface area contributed by atoms with Crippen molar-refractivity contribution in [2.75, 3.05) is 11.5 Å². The molecule has 0 radical (unpaired) electrons. The van der Waals surface area contributed by atoms with Crippen LogP contribution in [-0.4, -0.2) is 28.4 Å². The molecule has 4 aromatic rings. The van der Waals surface area contributed by atoms with Gasteiger partial charge in [-0.3, -0.25) is 9.59 Å². The van der Waals surface area contributed by atoms with E-state index in [1.54, 1.807) is 38.1 Å². The van der Waals surface area contributed by atoms with Crippen molar-refractivity contribution >= 4 is 58.5 Å². The summed E-state index contributed by atoms with van der Waals surface area (Å²) in [6, 6.07) is 15.8. The molecule has 1 aliphatic carbocycles. The van der Waals surface area contributed by atoms with Gasteiger partial charge in [0.15, 0.2) is 11.6 Å². The minimum Gasteiger partial charge on any atom is -0.397 e. The Morgan fingerprint density at radius 3 is 1.67 bits per heavy atom. The van der Waals surface area contributed by atoms with Crippen LogP contribution in [0.25, 0.3) is 0 Å². The molecule has 0 saturated heterocycles. The number of halogens is 1. The Morgan fingerprint density at radius 2 is 1.13 bits per heavy atom. The number of nitrogens with two attached hydrogens (primary N) is 2. The van der Waals surface area contributed by atoms with Crippen molar-refractivity contribution in [2.45, 2.75) is 33.4 Å². The quantitative estimate of drug-likeness (QED) is 0.273. The van der Waals surface area contributed by atoms with E-state index in [4.69, 9.17) is 11.5 Å². The first-order valence-corrected chi connectivity index (χ1v) is 15.3. The Labute approximate surface area is 233 Å². The van der Waals surface area contributed by atoms with Crippen LogP contribution in [-0.2, 0) is 19.7 Å². The molecule has 5 rings (SSSR count). The van der Waals surface area contributed by atoms with Crippen molar-refractivity contribution in [3.05, 3.63) is 105 Å². The van der Waals surface area contributed by atoms with E-state index >= 15 is 0 Å². The Kier molecular flexibility index (Phi) is 6.28. The molecule has 1 aliphatic rings. The molecule has 0 unspecified atom stereocenters. The van der Waals surface area contributed by atoms with E-state index in [9.17, 15) is 26.4 Å². The van der Waals surface area contributed by atoms with Gasteiger partial charge in [-0.05, 0) is 60.1 Å². The van der Waals surface area contributed by atoms with E-state index in [2.05, 4.69) is 15.9 Å². The van der Waals surface area contributed by atoms with Crippen LogP contribution in [0.4, 0.5) is 11.4 Å². The minimum absolute atomic E-state index is 0.0556. The maximum Gasteiger partial charge on any atom is 0.209 e. The van der Waals surface area contributed by atoms with Crippen molar-refractivity contribution in [1.29, 1.82) is 0 Å². The molecule has 0 bridgehead atoms. The van der Waals surface area contributed by atoms with Gasteiger partial charge in [-0.2, -0.15) is 0 Å². The highest BCUT2D eigenvalue weighted by Crippen LogP contribution is 2.46. The highest BCUT2D eigenvalue weighted by Gasteiger charge is 2.42. The number of rotatable bonds is 4. The van der Waals surface area contributed by atoms with Crippen LogP contribution in [0.15, 0.2) is 90.8 Å². The number of carbonyl (C=O) groups excluding carboxylic acids is 2. The number of hydrogen-bond donors (Lipinski definition) is 2. The lowest BCUT2D eigenvalue weighted by molar-refractivity contribution is 0.0975. The normalized spacial score (nSPS) is 13.2. The van der Waals surface area contributed by atoms with Crippen molar-refractivity contribution < 1.29 is 26.4 Å². The van der Waals surface area contributed by atoms with E-state index in [1.807, 2.05) is 0 Å². The smallest absolute Gasteiger partial charge is 0.209 e. The molecule has 4 N–H and O–H groups in total. The number of benzene rings is 4. The van der Waals surface area contributed by atoms with Gasteiger partial charge in [0.2, 0.25) is 19.7 Å². The van der Waals surface area contributed by atoms with Crippen LogP contribution in [0.1, 0.15) is 43.0 Å². The zero-order valence-corrected chi connectivity index (χ0v) is 23.9. The SMILES string of the molecule is Cc1ccc(S(=O)(=O)c2cccc3c2C(=O)c2c(c(N)c(Br)c(N)c2S(=O)(=O)c2ccc(C)cc2)C3=O)cc1. The Bertz CT molecular complexity index is 1950. The lowest BCUT2D eigenvalue weighted by Crippen LogP contribution is -2.28. The van der Waals surface area contributed by atoms with Crippen molar-refractivity contribution in [3.8, 4) is 0 Å². The number of carbonyl (C=O) groups is 2. The molecule has 39 heavy (non-hydrogen) atoms. The first-order chi connectivity index (χ1) is 18.3. The number of fused-ring (bicyclic) bond motifs is 2. The summed E-state index contributed by atoms with van der Waals surface area (Å²) in [6.45, 7) is 3.57. The average molecular weight is 626 g/mol. The first-order valence-electron chi connectivity index (χ1n) is 11.5. The van der Waals surface area contributed by atoms with E-state index in [0.717, 1.165) is 11.1 Å². The number of hydrogen-bond acceptors (Lipinski definition) is 8. The molecule has 0 heterocycles. The number of sulfone groups is 2. The largest absolute Gasteiger partial charge is 0.397 e. The summed E-state index contributed by atoms with van der Waals surface area (Å²) >= 11 is 3.18. The van der Waals surface area contributed by atoms with Gasteiger partial charge in [0.1, 0.15) is 4.90 Å². The molecular formula is C28H21BrN2O6S2. The van der Waals surface area contributed by atoms with Crippen LogP contribution in [0.3, 0.4) is 0 Å². The maximum atomic E-state index is 14.2. The van der Waals surface area contributed by atoms with Gasteiger partial charge in [-0.25, -0.2) is 16.8 Å². The standard InChI is InChI=1S/C28H21BrN2O6S2/c1-14-6-10-16(11-7-14)38(34,35)19-5-3-4-18-20(19)27(33)22-21(26(18)32)24(30)23(29)25(31)28(22)39(36,37)17-12-8-15(2)9-13-17/h3-13H,30-31H2,1-2H3. The summed E-state index contributed by atoms with van der Waals surface area (Å²) in [6.07, 6.45) is 0. The Balaban J connectivity index is 1.85. The summed E-state index contributed by atoms with van der Waals surface area (Å²) in [5, 5.41) is 0. The predicted octanol–water partition coefficient (Wildman–Crippen LogP) is 4.67. The van der Waals surface area contributed by atoms with Gasteiger partial charge in [0.05, 0.1) is 47.2 Å². The molecule has 8 nitrogen and oxygen atoms in total. The van der Waals surface area contributed by atoms with E-state index in [0.29, 0.717) is 0 Å². The summed E-state index contributed by atoms with van der Waals surface area (Å²) in [5.41, 5.74) is 11.9. The highest BCUT2D eigenvalue weighted by atomic mass is 79.9. The molecule has 4 aromatic carbocycles. The van der Waals surface area contributed by atoms with Crippen LogP contribution in [0, 0.1) is 13.8 Å². The van der Waals surface area contributed by atoms with Crippen molar-refractivity contribution in [3.63, 3.8) is 0 Å². The summed E-state index contributed by atoms with van der Waals surface area (Å²) in [5.74, 6) is -1.78. The van der Waals surface area contributed by atoms with E-state index in [1.165, 1.54) is 42.5 Å². The van der Waals surface area contributed by atoms with Gasteiger partial charge >= 0.3 is 0 Å². The third-order valence-electron chi connectivity index (χ3n) is 6.64. The van der Waals surface area contributed by atoms with Crippen molar-refractivity contribution in [2.24, 2.45) is 0 Å². The average Bonchev–Trinajstić information content (AvgIpc) is 2.90. The second kappa shape index (κ2) is 9.15. The third kappa shape index (κ3) is 4.00. The summed E-state index contributed by atoms with van der Waals surface area (Å²) in [4.78, 5) is 26.7. The predicted molar refractivity (Wildman–Crippen MR) is 150 cm³/mol. The molecule has 11 heteroatoms. The first kappa shape index (κ1) is 26.8. The second-order valence-corrected chi connectivity index (χ2v) is 13.8. The molecule has 0 fully saturated rings. The van der Waals surface area contributed by atoms with Crippen LogP contribution in [0.5, 0.6) is 0 Å². The fourth-order valence-corrected chi connectivity index (χ4v) is 8.18.